The third-order valence-electron chi connectivity index (χ3n) is 11.8. The Labute approximate surface area is 387 Å². The summed E-state index contributed by atoms with van der Waals surface area (Å²) in [6, 6.07) is 0. The van der Waals surface area contributed by atoms with Crippen molar-refractivity contribution >= 4 is 0 Å². The summed E-state index contributed by atoms with van der Waals surface area (Å²) in [5.41, 5.74) is 0. The summed E-state index contributed by atoms with van der Waals surface area (Å²) in [4.78, 5) is 0. The molecule has 0 radical (unpaired) electrons. The van der Waals surface area contributed by atoms with Crippen LogP contribution in [0.2, 0.25) is 0 Å². The quantitative estimate of drug-likeness (QED) is 0.0362. The molecule has 4 unspecified atom stereocenters. The lowest BCUT2D eigenvalue weighted by Gasteiger charge is -2.25. The van der Waals surface area contributed by atoms with Gasteiger partial charge < -0.3 is 24.4 Å². The van der Waals surface area contributed by atoms with Gasteiger partial charge in [0.15, 0.2) is 12.6 Å². The summed E-state index contributed by atoms with van der Waals surface area (Å²) in [6.45, 7) is 9.50. The third kappa shape index (κ3) is 49.5. The fraction of sp³-hybridized carbons (Fsp3) is 0.825. The van der Waals surface area contributed by atoms with E-state index in [-0.39, 0.29) is 12.7 Å². The zero-order chi connectivity index (χ0) is 45.1. The monoisotopic (exact) mass is 871 g/mol. The Bertz CT molecular complexity index is 1000. The lowest BCUT2D eigenvalue weighted by molar-refractivity contribution is -0.199. The zero-order valence-corrected chi connectivity index (χ0v) is 41.8. The van der Waals surface area contributed by atoms with E-state index in [1.807, 2.05) is 0 Å². The molecule has 0 aliphatic carbocycles. The predicted molar refractivity (Wildman–Crippen MR) is 272 cm³/mol. The Balaban J connectivity index is 4.42. The lowest BCUT2D eigenvalue weighted by atomic mass is 10.1. The molecule has 0 heterocycles. The lowest BCUT2D eigenvalue weighted by Crippen LogP contribution is -2.33. The topological polar surface area (TPSA) is 68.2 Å². The molecule has 0 aromatic carbocycles. The molecule has 5 nitrogen and oxygen atoms in total. The van der Waals surface area contributed by atoms with Gasteiger partial charge in [0.05, 0.1) is 19.3 Å². The number of hydrogen-bond acceptors (Lipinski definition) is 5. The van der Waals surface area contributed by atoms with Crippen LogP contribution < -0.4 is 0 Å². The Morgan fingerprint density at radius 1 is 0.339 bits per heavy atom. The van der Waals surface area contributed by atoms with Gasteiger partial charge in [0.25, 0.3) is 0 Å². The van der Waals surface area contributed by atoms with Crippen LogP contribution in [0.15, 0.2) is 60.8 Å². The minimum absolute atomic E-state index is 0.123. The highest BCUT2D eigenvalue weighted by Gasteiger charge is 2.19. The number of aliphatic hydroxyl groups excluding tert-OH is 2. The molecule has 4 atom stereocenters. The summed E-state index contributed by atoms with van der Waals surface area (Å²) in [7, 11) is 0. The van der Waals surface area contributed by atoms with Crippen molar-refractivity contribution in [3.63, 3.8) is 0 Å². The highest BCUT2D eigenvalue weighted by atomic mass is 16.7. The molecule has 62 heavy (non-hydrogen) atoms. The van der Waals surface area contributed by atoms with E-state index in [4.69, 9.17) is 14.2 Å². The number of rotatable bonds is 50. The van der Waals surface area contributed by atoms with Gasteiger partial charge in [-0.15, -0.1) is 0 Å². The fourth-order valence-electron chi connectivity index (χ4n) is 7.65. The van der Waals surface area contributed by atoms with E-state index in [0.717, 1.165) is 57.8 Å². The van der Waals surface area contributed by atoms with Crippen molar-refractivity contribution in [1.82, 2.24) is 0 Å². The van der Waals surface area contributed by atoms with Crippen LogP contribution >= 0.6 is 0 Å². The minimum Gasteiger partial charge on any atom is -0.376 e. The first kappa shape index (κ1) is 60.5. The molecular formula is C57H106O5. The Morgan fingerprint density at radius 2 is 0.661 bits per heavy atom. The SMILES string of the molecule is CCCC/C=C\C/C=C\CCCCCCCC(O)OCC(COC(C)CCCCCCC/C=C\CCCCCCCC)OC(O)CCCCCCC/C=C\C/C=C\CCCCC. The third-order valence-corrected chi connectivity index (χ3v) is 11.8. The minimum atomic E-state index is -0.847. The van der Waals surface area contributed by atoms with Crippen LogP contribution in [0.4, 0.5) is 0 Å². The molecule has 0 saturated carbocycles. The molecule has 5 heteroatoms. The Kier molecular flexibility index (Phi) is 50.9. The van der Waals surface area contributed by atoms with E-state index in [9.17, 15) is 10.2 Å². The van der Waals surface area contributed by atoms with Crippen LogP contribution in [0.3, 0.4) is 0 Å². The summed E-state index contributed by atoms with van der Waals surface area (Å²) in [5, 5.41) is 21.5. The van der Waals surface area contributed by atoms with Crippen LogP contribution in [0.25, 0.3) is 0 Å². The van der Waals surface area contributed by atoms with Crippen LogP contribution in [-0.4, -0.2) is 48.2 Å². The van der Waals surface area contributed by atoms with Crippen LogP contribution in [-0.2, 0) is 14.2 Å². The first-order valence-electron chi connectivity index (χ1n) is 27.0. The first-order valence-corrected chi connectivity index (χ1v) is 27.0. The molecule has 364 valence electrons. The molecule has 2 N–H and O–H groups in total. The smallest absolute Gasteiger partial charge is 0.155 e. The number of aliphatic hydroxyl groups is 2. The number of ether oxygens (including phenoxy) is 3. The number of unbranched alkanes of at least 4 members (excludes halogenated alkanes) is 26. The Morgan fingerprint density at radius 3 is 1.13 bits per heavy atom. The molecule has 0 spiro atoms. The van der Waals surface area contributed by atoms with E-state index in [1.165, 1.54) is 167 Å². The largest absolute Gasteiger partial charge is 0.376 e. The second-order valence-corrected chi connectivity index (χ2v) is 18.2. The number of hydrogen-bond donors (Lipinski definition) is 2. The maximum Gasteiger partial charge on any atom is 0.155 e. The average molecular weight is 871 g/mol. The molecule has 0 aromatic heterocycles. The summed E-state index contributed by atoms with van der Waals surface area (Å²) < 4.78 is 18.2. The van der Waals surface area contributed by atoms with Gasteiger partial charge in [-0.1, -0.05) is 204 Å². The molecule has 0 amide bonds. The second-order valence-electron chi connectivity index (χ2n) is 18.2. The van der Waals surface area contributed by atoms with Gasteiger partial charge in [0.1, 0.15) is 6.10 Å². The maximum atomic E-state index is 10.8. The van der Waals surface area contributed by atoms with Gasteiger partial charge in [-0.3, -0.25) is 0 Å². The van der Waals surface area contributed by atoms with Crippen molar-refractivity contribution in [3.8, 4) is 0 Å². The molecule has 0 rings (SSSR count). The van der Waals surface area contributed by atoms with E-state index in [1.54, 1.807) is 0 Å². The predicted octanol–water partition coefficient (Wildman–Crippen LogP) is 17.7. The molecule has 0 aromatic rings. The zero-order valence-electron chi connectivity index (χ0n) is 41.8. The highest BCUT2D eigenvalue weighted by molar-refractivity contribution is 4.93. The molecule has 0 bridgehead atoms. The maximum absolute atomic E-state index is 10.8. The Hall–Kier alpha value is -1.50. The van der Waals surface area contributed by atoms with Gasteiger partial charge in [-0.2, -0.15) is 0 Å². The van der Waals surface area contributed by atoms with Crippen molar-refractivity contribution < 1.29 is 24.4 Å². The normalized spacial score (nSPS) is 14.5. The average Bonchev–Trinajstić information content (AvgIpc) is 3.27. The fourth-order valence-corrected chi connectivity index (χ4v) is 7.65. The van der Waals surface area contributed by atoms with Crippen molar-refractivity contribution in [1.29, 1.82) is 0 Å². The highest BCUT2D eigenvalue weighted by Crippen LogP contribution is 2.16. The molecule has 0 saturated heterocycles. The molecule has 0 fully saturated rings. The van der Waals surface area contributed by atoms with Gasteiger partial charge in [0.2, 0.25) is 0 Å². The van der Waals surface area contributed by atoms with Gasteiger partial charge in [-0.05, 0) is 122 Å². The van der Waals surface area contributed by atoms with Crippen LogP contribution in [0, 0.1) is 0 Å². The van der Waals surface area contributed by atoms with Gasteiger partial charge in [0, 0.05) is 0 Å². The van der Waals surface area contributed by atoms with Gasteiger partial charge >= 0.3 is 0 Å². The molecule has 0 aliphatic heterocycles. The summed E-state index contributed by atoms with van der Waals surface area (Å²) in [5.74, 6) is 0. The van der Waals surface area contributed by atoms with Crippen molar-refractivity contribution in [2.75, 3.05) is 13.2 Å². The van der Waals surface area contributed by atoms with Crippen molar-refractivity contribution in [2.24, 2.45) is 0 Å². The van der Waals surface area contributed by atoms with E-state index in [0.29, 0.717) is 19.4 Å². The van der Waals surface area contributed by atoms with E-state index in [2.05, 4.69) is 88.5 Å². The summed E-state index contributed by atoms with van der Waals surface area (Å²) >= 11 is 0. The van der Waals surface area contributed by atoms with Crippen LogP contribution in [0.1, 0.15) is 265 Å². The first-order chi connectivity index (χ1) is 30.5. The van der Waals surface area contributed by atoms with Crippen LogP contribution in [0.5, 0.6) is 0 Å². The number of allylic oxidation sites excluding steroid dienone is 10. The molecule has 0 aliphatic rings. The van der Waals surface area contributed by atoms with E-state index >= 15 is 0 Å². The summed E-state index contributed by atoms with van der Waals surface area (Å²) in [6.07, 6.45) is 65.1. The van der Waals surface area contributed by atoms with Crippen molar-refractivity contribution in [3.05, 3.63) is 60.8 Å². The standard InChI is InChI=1S/C57H106O5/c1-5-8-11-14-17-20-23-26-29-31-34-37-40-43-46-49-54(4)60-52-55(53-61-56(58)50-47-44-41-38-35-32-28-25-22-19-16-13-10-7-3)62-57(59)51-48-45-42-39-36-33-30-27-24-21-18-15-12-9-6-2/h16,18-19,21,25-30,54-59H,5-15,17,20,22-24,31-53H2,1-4H3/b19-16-,21-18-,28-25-,29-26-,30-27-. The van der Waals surface area contributed by atoms with E-state index < -0.39 is 18.7 Å². The van der Waals surface area contributed by atoms with Gasteiger partial charge in [-0.25, -0.2) is 0 Å². The molecular weight excluding hydrogens is 765 g/mol. The second kappa shape index (κ2) is 52.1. The van der Waals surface area contributed by atoms with Crippen molar-refractivity contribution in [2.45, 2.75) is 290 Å².